The average molecular weight is 343 g/mol. The van der Waals surface area contributed by atoms with E-state index in [1.807, 2.05) is 67.1 Å². The van der Waals surface area contributed by atoms with E-state index in [0.29, 0.717) is 23.9 Å². The molecule has 1 heterocycles. The van der Waals surface area contributed by atoms with Crippen molar-refractivity contribution in [2.45, 2.75) is 13.5 Å². The fourth-order valence-corrected chi connectivity index (χ4v) is 2.83. The minimum absolute atomic E-state index is 0.112. The number of rotatable bonds is 5. The molecule has 0 saturated carbocycles. The first kappa shape index (κ1) is 16.4. The van der Waals surface area contributed by atoms with Crippen molar-refractivity contribution in [3.05, 3.63) is 64.8 Å². The third kappa shape index (κ3) is 3.39. The zero-order chi connectivity index (χ0) is 17.1. The minimum Gasteiger partial charge on any atom is -0.494 e. The lowest BCUT2D eigenvalue weighted by atomic mass is 10.2. The van der Waals surface area contributed by atoms with Crippen LogP contribution >= 0.6 is 11.6 Å². The van der Waals surface area contributed by atoms with Gasteiger partial charge in [-0.2, -0.15) is 0 Å². The van der Waals surface area contributed by atoms with Crippen molar-refractivity contribution in [2.24, 2.45) is 7.05 Å². The van der Waals surface area contributed by atoms with Crippen molar-refractivity contribution in [1.29, 1.82) is 0 Å². The van der Waals surface area contributed by atoms with Gasteiger partial charge in [0, 0.05) is 29.5 Å². The van der Waals surface area contributed by atoms with Gasteiger partial charge in [0.2, 0.25) is 0 Å². The van der Waals surface area contributed by atoms with Crippen molar-refractivity contribution in [3.63, 3.8) is 0 Å². The summed E-state index contributed by atoms with van der Waals surface area (Å²) < 4.78 is 7.27. The van der Waals surface area contributed by atoms with Crippen molar-refractivity contribution in [1.82, 2.24) is 9.88 Å². The Kier molecular flexibility index (Phi) is 4.76. The van der Waals surface area contributed by atoms with E-state index in [2.05, 4.69) is 5.32 Å². The lowest BCUT2D eigenvalue weighted by Crippen LogP contribution is -2.24. The molecule has 0 radical (unpaired) electrons. The molecule has 2 aromatic carbocycles. The van der Waals surface area contributed by atoms with Crippen LogP contribution in [0.25, 0.3) is 10.9 Å². The number of aryl methyl sites for hydroxylation is 1. The van der Waals surface area contributed by atoms with Crippen LogP contribution in [-0.4, -0.2) is 17.1 Å². The number of aromatic nitrogens is 1. The standard InChI is InChI=1S/C19H19ClN2O2/c1-3-24-16-8-4-13(5-9-16)12-21-19(23)18-10-14-6-7-15(20)11-17(14)22(18)2/h4-11H,3,12H2,1-2H3,(H,21,23). The summed E-state index contributed by atoms with van der Waals surface area (Å²) in [6, 6.07) is 15.2. The molecule has 0 atom stereocenters. The van der Waals surface area contributed by atoms with E-state index in [-0.39, 0.29) is 5.91 Å². The summed E-state index contributed by atoms with van der Waals surface area (Å²) in [6.07, 6.45) is 0. The number of amides is 1. The Balaban J connectivity index is 1.72. The van der Waals surface area contributed by atoms with Crippen LogP contribution in [-0.2, 0) is 13.6 Å². The topological polar surface area (TPSA) is 43.3 Å². The van der Waals surface area contributed by atoms with Crippen LogP contribution in [0.3, 0.4) is 0 Å². The van der Waals surface area contributed by atoms with Gasteiger partial charge in [0.15, 0.2) is 0 Å². The number of hydrogen-bond acceptors (Lipinski definition) is 2. The van der Waals surface area contributed by atoms with Crippen LogP contribution in [0.1, 0.15) is 23.0 Å². The van der Waals surface area contributed by atoms with Crippen LogP contribution in [0.5, 0.6) is 5.75 Å². The SMILES string of the molecule is CCOc1ccc(CNC(=O)c2cc3ccc(Cl)cc3n2C)cc1. The molecule has 0 aliphatic heterocycles. The highest BCUT2D eigenvalue weighted by atomic mass is 35.5. The minimum atomic E-state index is -0.112. The summed E-state index contributed by atoms with van der Waals surface area (Å²) in [7, 11) is 1.87. The zero-order valence-electron chi connectivity index (χ0n) is 13.7. The molecule has 0 fully saturated rings. The smallest absolute Gasteiger partial charge is 0.268 e. The molecule has 0 aliphatic rings. The van der Waals surface area contributed by atoms with Gasteiger partial charge in [0.05, 0.1) is 6.61 Å². The first-order valence-electron chi connectivity index (χ1n) is 7.83. The molecule has 1 aromatic heterocycles. The predicted molar refractivity (Wildman–Crippen MR) is 96.7 cm³/mol. The first-order chi connectivity index (χ1) is 11.6. The predicted octanol–water partition coefficient (Wildman–Crippen LogP) is 4.16. The fraction of sp³-hybridized carbons (Fsp3) is 0.211. The molecule has 0 aliphatic carbocycles. The van der Waals surface area contributed by atoms with Gasteiger partial charge in [-0.1, -0.05) is 29.8 Å². The van der Waals surface area contributed by atoms with Crippen LogP contribution < -0.4 is 10.1 Å². The number of nitrogens with zero attached hydrogens (tertiary/aromatic N) is 1. The van der Waals surface area contributed by atoms with Gasteiger partial charge >= 0.3 is 0 Å². The first-order valence-corrected chi connectivity index (χ1v) is 8.21. The Labute approximate surface area is 146 Å². The third-order valence-electron chi connectivity index (χ3n) is 3.93. The molecule has 1 N–H and O–H groups in total. The van der Waals surface area contributed by atoms with E-state index in [1.54, 1.807) is 0 Å². The second kappa shape index (κ2) is 6.97. The third-order valence-corrected chi connectivity index (χ3v) is 4.16. The van der Waals surface area contributed by atoms with E-state index in [9.17, 15) is 4.79 Å². The molecule has 3 aromatic rings. The van der Waals surface area contributed by atoms with Crippen LogP contribution in [0.2, 0.25) is 5.02 Å². The lowest BCUT2D eigenvalue weighted by Gasteiger charge is -2.08. The second-order valence-corrected chi connectivity index (χ2v) is 5.99. The summed E-state index contributed by atoms with van der Waals surface area (Å²) in [4.78, 5) is 12.5. The monoisotopic (exact) mass is 342 g/mol. The van der Waals surface area contributed by atoms with E-state index in [0.717, 1.165) is 22.2 Å². The molecular formula is C19H19ClN2O2. The maximum Gasteiger partial charge on any atom is 0.268 e. The van der Waals surface area contributed by atoms with Gasteiger partial charge in [-0.15, -0.1) is 0 Å². The summed E-state index contributed by atoms with van der Waals surface area (Å²) in [6.45, 7) is 3.06. The Morgan fingerprint density at radius 2 is 1.92 bits per heavy atom. The molecule has 24 heavy (non-hydrogen) atoms. The maximum atomic E-state index is 12.5. The molecule has 0 bridgehead atoms. The normalized spacial score (nSPS) is 10.8. The van der Waals surface area contributed by atoms with Crippen molar-refractivity contribution >= 4 is 28.4 Å². The molecule has 124 valence electrons. The van der Waals surface area contributed by atoms with Gasteiger partial charge in [0.25, 0.3) is 5.91 Å². The van der Waals surface area contributed by atoms with E-state index in [4.69, 9.17) is 16.3 Å². The van der Waals surface area contributed by atoms with E-state index in [1.165, 1.54) is 0 Å². The fourth-order valence-electron chi connectivity index (χ4n) is 2.66. The number of nitrogens with one attached hydrogen (secondary N) is 1. The molecule has 4 nitrogen and oxygen atoms in total. The molecule has 3 rings (SSSR count). The summed E-state index contributed by atoms with van der Waals surface area (Å²) in [5.74, 6) is 0.719. The van der Waals surface area contributed by atoms with E-state index < -0.39 is 0 Å². The van der Waals surface area contributed by atoms with Gasteiger partial charge < -0.3 is 14.6 Å². The zero-order valence-corrected chi connectivity index (χ0v) is 14.4. The molecule has 5 heteroatoms. The average Bonchev–Trinajstić information content (AvgIpc) is 2.91. The number of carbonyl (C=O) groups excluding carboxylic acids is 1. The molecule has 0 saturated heterocycles. The number of benzene rings is 2. The van der Waals surface area contributed by atoms with Gasteiger partial charge in [0.1, 0.15) is 11.4 Å². The van der Waals surface area contributed by atoms with E-state index >= 15 is 0 Å². The largest absolute Gasteiger partial charge is 0.494 e. The number of fused-ring (bicyclic) bond motifs is 1. The summed E-state index contributed by atoms with van der Waals surface area (Å²) in [5, 5.41) is 4.60. The number of ether oxygens (including phenoxy) is 1. The number of carbonyl (C=O) groups is 1. The quantitative estimate of drug-likeness (QED) is 0.756. The van der Waals surface area contributed by atoms with Crippen LogP contribution in [0, 0.1) is 0 Å². The number of hydrogen-bond donors (Lipinski definition) is 1. The van der Waals surface area contributed by atoms with Crippen molar-refractivity contribution in [3.8, 4) is 5.75 Å². The molecular weight excluding hydrogens is 324 g/mol. The molecule has 1 amide bonds. The van der Waals surface area contributed by atoms with Crippen molar-refractivity contribution < 1.29 is 9.53 Å². The number of halogens is 1. The summed E-state index contributed by atoms with van der Waals surface area (Å²) in [5.41, 5.74) is 2.57. The Bertz CT molecular complexity index is 869. The highest BCUT2D eigenvalue weighted by Crippen LogP contribution is 2.22. The second-order valence-electron chi connectivity index (χ2n) is 5.55. The highest BCUT2D eigenvalue weighted by molar-refractivity contribution is 6.31. The molecule has 0 spiro atoms. The van der Waals surface area contributed by atoms with Gasteiger partial charge in [-0.25, -0.2) is 0 Å². The maximum absolute atomic E-state index is 12.5. The van der Waals surface area contributed by atoms with Crippen LogP contribution in [0.15, 0.2) is 48.5 Å². The lowest BCUT2D eigenvalue weighted by molar-refractivity contribution is 0.0943. The molecule has 0 unspecified atom stereocenters. The Morgan fingerprint density at radius 3 is 2.62 bits per heavy atom. The van der Waals surface area contributed by atoms with Crippen LogP contribution in [0.4, 0.5) is 0 Å². The van der Waals surface area contributed by atoms with Crippen molar-refractivity contribution in [2.75, 3.05) is 6.61 Å². The van der Waals surface area contributed by atoms with Gasteiger partial charge in [-0.05, 0) is 42.8 Å². The highest BCUT2D eigenvalue weighted by Gasteiger charge is 2.13. The Hall–Kier alpha value is -2.46. The Morgan fingerprint density at radius 1 is 1.17 bits per heavy atom. The van der Waals surface area contributed by atoms with Gasteiger partial charge in [-0.3, -0.25) is 4.79 Å². The summed E-state index contributed by atoms with van der Waals surface area (Å²) >= 11 is 6.03.